The predicted molar refractivity (Wildman–Crippen MR) is 44.5 cm³/mol. The summed E-state index contributed by atoms with van der Waals surface area (Å²) in [4.78, 5) is 3.99. The van der Waals surface area contributed by atoms with Gasteiger partial charge in [-0.1, -0.05) is 0 Å². The molecule has 0 unspecified atom stereocenters. The Morgan fingerprint density at radius 1 is 1.58 bits per heavy atom. The highest BCUT2D eigenvalue weighted by Gasteiger charge is 1.99. The highest BCUT2D eigenvalue weighted by atomic mass is 16.3. The van der Waals surface area contributed by atoms with E-state index in [2.05, 4.69) is 4.98 Å². The number of rotatable bonds is 3. The average molecular weight is 162 g/mol. The molecule has 3 heteroatoms. The molecule has 0 spiro atoms. The van der Waals surface area contributed by atoms with Gasteiger partial charge in [0.1, 0.15) is 5.75 Å². The van der Waals surface area contributed by atoms with Crippen molar-refractivity contribution in [3.8, 4) is 11.8 Å². The lowest BCUT2D eigenvalue weighted by atomic mass is 10.2. The van der Waals surface area contributed by atoms with E-state index in [0.717, 1.165) is 6.42 Å². The van der Waals surface area contributed by atoms with E-state index in [1.54, 1.807) is 18.3 Å². The van der Waals surface area contributed by atoms with Crippen molar-refractivity contribution in [1.82, 2.24) is 4.98 Å². The molecule has 0 aromatic carbocycles. The van der Waals surface area contributed by atoms with E-state index in [1.165, 1.54) is 0 Å². The number of nitriles is 1. The minimum atomic E-state index is 0.218. The summed E-state index contributed by atoms with van der Waals surface area (Å²) in [6.45, 7) is 0. The summed E-state index contributed by atoms with van der Waals surface area (Å²) in [5, 5.41) is 17.5. The second-order valence-corrected chi connectivity index (χ2v) is 2.48. The van der Waals surface area contributed by atoms with Crippen LogP contribution < -0.4 is 0 Å². The maximum absolute atomic E-state index is 9.26. The first-order valence-corrected chi connectivity index (χ1v) is 3.84. The molecular weight excluding hydrogens is 152 g/mol. The Balaban J connectivity index is 2.53. The summed E-state index contributed by atoms with van der Waals surface area (Å²) in [5.74, 6) is 0.218. The van der Waals surface area contributed by atoms with Crippen LogP contribution in [0.4, 0.5) is 0 Å². The van der Waals surface area contributed by atoms with Gasteiger partial charge in [0, 0.05) is 12.6 Å². The molecule has 1 heterocycles. The Hall–Kier alpha value is -1.56. The minimum absolute atomic E-state index is 0.218. The van der Waals surface area contributed by atoms with Crippen molar-refractivity contribution in [2.24, 2.45) is 0 Å². The van der Waals surface area contributed by atoms with Crippen LogP contribution in [-0.4, -0.2) is 10.1 Å². The molecule has 0 atom stereocenters. The van der Waals surface area contributed by atoms with Gasteiger partial charge < -0.3 is 5.11 Å². The van der Waals surface area contributed by atoms with Crippen LogP contribution in [0.1, 0.15) is 18.5 Å². The van der Waals surface area contributed by atoms with E-state index in [4.69, 9.17) is 5.26 Å². The monoisotopic (exact) mass is 162 g/mol. The number of nitrogens with zero attached hydrogens (tertiary/aromatic N) is 2. The number of pyridine rings is 1. The molecule has 1 aromatic heterocycles. The average Bonchev–Trinajstić information content (AvgIpc) is 2.09. The van der Waals surface area contributed by atoms with Crippen LogP contribution in [0.15, 0.2) is 18.3 Å². The molecule has 62 valence electrons. The third-order valence-corrected chi connectivity index (χ3v) is 1.57. The summed E-state index contributed by atoms with van der Waals surface area (Å²) in [7, 11) is 0. The van der Waals surface area contributed by atoms with Crippen molar-refractivity contribution in [3.63, 3.8) is 0 Å². The summed E-state index contributed by atoms with van der Waals surface area (Å²) >= 11 is 0. The van der Waals surface area contributed by atoms with E-state index in [1.807, 2.05) is 6.07 Å². The summed E-state index contributed by atoms with van der Waals surface area (Å²) < 4.78 is 0. The van der Waals surface area contributed by atoms with Gasteiger partial charge in [-0.3, -0.25) is 4.98 Å². The van der Waals surface area contributed by atoms with E-state index < -0.39 is 0 Å². The lowest BCUT2D eigenvalue weighted by Gasteiger charge is -1.99. The largest absolute Gasteiger partial charge is 0.506 e. The maximum Gasteiger partial charge on any atom is 0.137 e. The van der Waals surface area contributed by atoms with E-state index in [9.17, 15) is 5.11 Å². The van der Waals surface area contributed by atoms with Gasteiger partial charge in [0.15, 0.2) is 0 Å². The molecule has 3 nitrogen and oxygen atoms in total. The van der Waals surface area contributed by atoms with Gasteiger partial charge in [-0.2, -0.15) is 5.26 Å². The number of hydrogen-bond donors (Lipinski definition) is 1. The molecule has 0 saturated heterocycles. The van der Waals surface area contributed by atoms with E-state index in [0.29, 0.717) is 18.5 Å². The summed E-state index contributed by atoms with van der Waals surface area (Å²) in [6, 6.07) is 5.34. The summed E-state index contributed by atoms with van der Waals surface area (Å²) in [5.41, 5.74) is 0.674. The van der Waals surface area contributed by atoms with Crippen LogP contribution in [0, 0.1) is 11.3 Å². The van der Waals surface area contributed by atoms with Crippen molar-refractivity contribution < 1.29 is 5.11 Å². The van der Waals surface area contributed by atoms with E-state index >= 15 is 0 Å². The first kappa shape index (κ1) is 8.54. The maximum atomic E-state index is 9.26. The van der Waals surface area contributed by atoms with Gasteiger partial charge in [-0.25, -0.2) is 0 Å². The molecule has 0 saturated carbocycles. The Morgan fingerprint density at radius 3 is 3.08 bits per heavy atom. The van der Waals surface area contributed by atoms with Crippen LogP contribution in [0.3, 0.4) is 0 Å². The zero-order valence-electron chi connectivity index (χ0n) is 6.70. The molecule has 1 rings (SSSR count). The van der Waals surface area contributed by atoms with Crippen LogP contribution >= 0.6 is 0 Å². The van der Waals surface area contributed by atoms with Gasteiger partial charge in [-0.15, -0.1) is 0 Å². The van der Waals surface area contributed by atoms with Gasteiger partial charge in [0.2, 0.25) is 0 Å². The second-order valence-electron chi connectivity index (χ2n) is 2.48. The number of aromatic hydroxyl groups is 1. The number of unbranched alkanes of at least 4 members (excludes halogenated alkanes) is 1. The fraction of sp³-hybridized carbons (Fsp3) is 0.333. The SMILES string of the molecule is N#CCCCc1ncccc1O. The first-order chi connectivity index (χ1) is 5.84. The Kier molecular flexibility index (Phi) is 3.09. The molecule has 0 aliphatic rings. The number of aryl methyl sites for hydroxylation is 1. The fourth-order valence-corrected chi connectivity index (χ4v) is 0.957. The van der Waals surface area contributed by atoms with E-state index in [-0.39, 0.29) is 5.75 Å². The molecule has 0 fully saturated rings. The number of hydrogen-bond acceptors (Lipinski definition) is 3. The Labute approximate surface area is 71.3 Å². The Morgan fingerprint density at radius 2 is 2.42 bits per heavy atom. The van der Waals surface area contributed by atoms with Gasteiger partial charge in [-0.05, 0) is 25.0 Å². The lowest BCUT2D eigenvalue weighted by Crippen LogP contribution is -1.89. The normalized spacial score (nSPS) is 9.25. The van der Waals surface area contributed by atoms with Crippen LogP contribution in [0.25, 0.3) is 0 Å². The highest BCUT2D eigenvalue weighted by Crippen LogP contribution is 2.14. The number of aromatic nitrogens is 1. The molecule has 12 heavy (non-hydrogen) atoms. The van der Waals surface area contributed by atoms with Crippen LogP contribution in [0.5, 0.6) is 5.75 Å². The van der Waals surface area contributed by atoms with Gasteiger partial charge >= 0.3 is 0 Å². The van der Waals surface area contributed by atoms with Crippen molar-refractivity contribution in [2.45, 2.75) is 19.3 Å². The molecule has 0 bridgehead atoms. The third kappa shape index (κ3) is 2.24. The molecule has 0 radical (unpaired) electrons. The zero-order valence-corrected chi connectivity index (χ0v) is 6.70. The fourth-order valence-electron chi connectivity index (χ4n) is 0.957. The molecule has 0 aliphatic heterocycles. The van der Waals surface area contributed by atoms with Crippen molar-refractivity contribution in [3.05, 3.63) is 24.0 Å². The molecule has 0 amide bonds. The first-order valence-electron chi connectivity index (χ1n) is 3.84. The summed E-state index contributed by atoms with van der Waals surface area (Å²) in [6.07, 6.45) is 3.57. The van der Waals surface area contributed by atoms with Gasteiger partial charge in [0.25, 0.3) is 0 Å². The van der Waals surface area contributed by atoms with Gasteiger partial charge in [0.05, 0.1) is 11.8 Å². The van der Waals surface area contributed by atoms with Crippen LogP contribution in [-0.2, 0) is 6.42 Å². The van der Waals surface area contributed by atoms with Crippen molar-refractivity contribution in [1.29, 1.82) is 5.26 Å². The smallest absolute Gasteiger partial charge is 0.137 e. The molecular formula is C9H10N2O. The van der Waals surface area contributed by atoms with Crippen LogP contribution in [0.2, 0.25) is 0 Å². The quantitative estimate of drug-likeness (QED) is 0.687. The zero-order chi connectivity index (χ0) is 8.81. The third-order valence-electron chi connectivity index (χ3n) is 1.57. The van der Waals surface area contributed by atoms with Crippen molar-refractivity contribution in [2.75, 3.05) is 0 Å². The molecule has 1 aromatic rings. The predicted octanol–water partition coefficient (Wildman–Crippen LogP) is 1.63. The standard InChI is InChI=1S/C9H10N2O/c10-6-2-1-4-8-9(12)5-3-7-11-8/h3,5,7,12H,1-2,4H2. The van der Waals surface area contributed by atoms with Crippen molar-refractivity contribution >= 4 is 0 Å². The second kappa shape index (κ2) is 4.35. The molecule has 0 aliphatic carbocycles. The topological polar surface area (TPSA) is 56.9 Å². The molecule has 1 N–H and O–H groups in total. The lowest BCUT2D eigenvalue weighted by molar-refractivity contribution is 0.463. The Bertz CT molecular complexity index is 291. The highest BCUT2D eigenvalue weighted by molar-refractivity contribution is 5.24. The minimum Gasteiger partial charge on any atom is -0.506 e.